The zero-order valence-corrected chi connectivity index (χ0v) is 16.5. The Labute approximate surface area is 159 Å². The quantitative estimate of drug-likeness (QED) is 0.258. The summed E-state index contributed by atoms with van der Waals surface area (Å²) in [7, 11) is 0. The topological polar surface area (TPSA) is 49.3 Å². The van der Waals surface area contributed by atoms with Gasteiger partial charge in [0.15, 0.2) is 0 Å². The Balaban J connectivity index is 1.93. The highest BCUT2D eigenvalue weighted by atomic mass is 16.4. The van der Waals surface area contributed by atoms with Gasteiger partial charge in [0.1, 0.15) is 0 Å². The number of carboxylic acid groups (broad SMARTS) is 1. The van der Waals surface area contributed by atoms with Crippen molar-refractivity contribution in [1.29, 1.82) is 0 Å². The van der Waals surface area contributed by atoms with Gasteiger partial charge in [0, 0.05) is 12.2 Å². The highest BCUT2D eigenvalue weighted by Crippen LogP contribution is 2.11. The fourth-order valence-corrected chi connectivity index (χ4v) is 3.00. The van der Waals surface area contributed by atoms with Crippen molar-refractivity contribution in [3.8, 4) is 0 Å². The van der Waals surface area contributed by atoms with Crippen LogP contribution in [0.25, 0.3) is 0 Å². The van der Waals surface area contributed by atoms with Gasteiger partial charge in [0.05, 0.1) is 6.42 Å². The molecule has 1 aromatic rings. The number of aliphatic carboxylic acids is 1. The van der Waals surface area contributed by atoms with Crippen LogP contribution >= 0.6 is 0 Å². The van der Waals surface area contributed by atoms with Crippen LogP contribution in [0.4, 0.5) is 5.69 Å². The van der Waals surface area contributed by atoms with E-state index >= 15 is 0 Å². The molecule has 1 rings (SSSR count). The summed E-state index contributed by atoms with van der Waals surface area (Å²) in [5.74, 6) is -0.788. The van der Waals surface area contributed by atoms with E-state index in [4.69, 9.17) is 5.11 Å². The first-order valence-electron chi connectivity index (χ1n) is 10.4. The zero-order valence-electron chi connectivity index (χ0n) is 16.5. The maximum Gasteiger partial charge on any atom is 0.307 e. The van der Waals surface area contributed by atoms with Crippen LogP contribution < -0.4 is 5.32 Å². The molecule has 0 saturated carbocycles. The van der Waals surface area contributed by atoms with Crippen molar-refractivity contribution in [1.82, 2.24) is 0 Å². The summed E-state index contributed by atoms with van der Waals surface area (Å²) < 4.78 is 0. The van der Waals surface area contributed by atoms with E-state index in [1.807, 2.05) is 24.3 Å². The second-order valence-electron chi connectivity index (χ2n) is 7.07. The molecule has 3 heteroatoms. The summed E-state index contributed by atoms with van der Waals surface area (Å²) in [5.41, 5.74) is 1.90. The van der Waals surface area contributed by atoms with Crippen molar-refractivity contribution in [2.75, 3.05) is 11.9 Å². The van der Waals surface area contributed by atoms with Crippen molar-refractivity contribution in [2.24, 2.45) is 0 Å². The predicted octanol–water partition coefficient (Wildman–Crippen LogP) is 6.59. The van der Waals surface area contributed by atoms with E-state index < -0.39 is 5.97 Å². The van der Waals surface area contributed by atoms with Gasteiger partial charge in [0.25, 0.3) is 0 Å². The number of carboxylic acids is 1. The van der Waals surface area contributed by atoms with Crippen molar-refractivity contribution in [2.45, 2.75) is 84.0 Å². The van der Waals surface area contributed by atoms with E-state index in [9.17, 15) is 4.79 Å². The lowest BCUT2D eigenvalue weighted by Crippen LogP contribution is -2.02. The number of nitrogens with one attached hydrogen (secondary N) is 1. The maximum absolute atomic E-state index is 10.7. The molecule has 0 radical (unpaired) electrons. The highest BCUT2D eigenvalue weighted by Gasteiger charge is 1.99. The fourth-order valence-electron chi connectivity index (χ4n) is 3.00. The van der Waals surface area contributed by atoms with Crippen LogP contribution in [0.3, 0.4) is 0 Å². The Morgan fingerprint density at radius 3 is 2.08 bits per heavy atom. The summed E-state index contributed by atoms with van der Waals surface area (Å²) in [6.45, 7) is 3.21. The summed E-state index contributed by atoms with van der Waals surface area (Å²) >= 11 is 0. The molecule has 0 aliphatic carbocycles. The van der Waals surface area contributed by atoms with Gasteiger partial charge in [-0.05, 0) is 43.4 Å². The number of hydrogen-bond acceptors (Lipinski definition) is 2. The molecule has 0 unspecified atom stereocenters. The number of hydrogen-bond donors (Lipinski definition) is 2. The van der Waals surface area contributed by atoms with Gasteiger partial charge in [-0.3, -0.25) is 4.79 Å². The lowest BCUT2D eigenvalue weighted by Gasteiger charge is -2.06. The van der Waals surface area contributed by atoms with Crippen LogP contribution in [0, 0.1) is 0 Å². The van der Waals surface area contributed by atoms with E-state index in [0.717, 1.165) is 30.6 Å². The predicted molar refractivity (Wildman–Crippen MR) is 112 cm³/mol. The lowest BCUT2D eigenvalue weighted by atomic mass is 10.1. The average Bonchev–Trinajstić information content (AvgIpc) is 2.63. The van der Waals surface area contributed by atoms with Gasteiger partial charge in [-0.15, -0.1) is 0 Å². The molecule has 0 aliphatic rings. The molecule has 0 aliphatic heterocycles. The second-order valence-corrected chi connectivity index (χ2v) is 7.07. The minimum Gasteiger partial charge on any atom is -0.481 e. The third-order valence-electron chi connectivity index (χ3n) is 4.58. The van der Waals surface area contributed by atoms with Crippen LogP contribution in [0.5, 0.6) is 0 Å². The molecular formula is C23H37NO2. The molecule has 0 atom stereocenters. The molecule has 1 aromatic carbocycles. The highest BCUT2D eigenvalue weighted by molar-refractivity contribution is 5.70. The SMILES string of the molecule is CCCCCCCCCCC=CCCCNc1ccc(CC(=O)O)cc1. The fraction of sp³-hybridized carbons (Fsp3) is 0.609. The Bertz CT molecular complexity index is 493. The number of rotatable bonds is 16. The number of allylic oxidation sites excluding steroid dienone is 2. The monoisotopic (exact) mass is 359 g/mol. The molecule has 0 aromatic heterocycles. The first-order valence-corrected chi connectivity index (χ1v) is 10.4. The van der Waals surface area contributed by atoms with Crippen LogP contribution in [0.15, 0.2) is 36.4 Å². The molecule has 0 bridgehead atoms. The van der Waals surface area contributed by atoms with Gasteiger partial charge < -0.3 is 10.4 Å². The first-order chi connectivity index (χ1) is 12.7. The number of anilines is 1. The van der Waals surface area contributed by atoms with Crippen LogP contribution in [-0.4, -0.2) is 17.6 Å². The van der Waals surface area contributed by atoms with E-state index in [2.05, 4.69) is 24.4 Å². The first kappa shape index (κ1) is 22.3. The third kappa shape index (κ3) is 12.6. The van der Waals surface area contributed by atoms with Crippen molar-refractivity contribution in [3.63, 3.8) is 0 Å². The Morgan fingerprint density at radius 1 is 0.885 bits per heavy atom. The second kappa shape index (κ2) is 15.5. The molecule has 3 nitrogen and oxygen atoms in total. The van der Waals surface area contributed by atoms with Crippen molar-refractivity contribution < 1.29 is 9.90 Å². The van der Waals surface area contributed by atoms with Gasteiger partial charge in [0.2, 0.25) is 0 Å². The molecule has 2 N–H and O–H groups in total. The summed E-state index contributed by atoms with van der Waals surface area (Å²) in [6.07, 6.45) is 19.2. The van der Waals surface area contributed by atoms with Gasteiger partial charge in [-0.2, -0.15) is 0 Å². The van der Waals surface area contributed by atoms with Crippen LogP contribution in [-0.2, 0) is 11.2 Å². The molecule has 146 valence electrons. The Kier molecular flexibility index (Phi) is 13.3. The normalized spacial score (nSPS) is 11.1. The van der Waals surface area contributed by atoms with Gasteiger partial charge in [-0.1, -0.05) is 76.2 Å². The van der Waals surface area contributed by atoms with Crippen LogP contribution in [0.2, 0.25) is 0 Å². The number of benzene rings is 1. The summed E-state index contributed by atoms with van der Waals surface area (Å²) in [4.78, 5) is 10.7. The summed E-state index contributed by atoms with van der Waals surface area (Å²) in [6, 6.07) is 7.66. The van der Waals surface area contributed by atoms with E-state index in [-0.39, 0.29) is 6.42 Å². The molecule has 0 amide bonds. The number of unbranched alkanes of at least 4 members (excludes halogenated alkanes) is 9. The Hall–Kier alpha value is -1.77. The lowest BCUT2D eigenvalue weighted by molar-refractivity contribution is -0.136. The van der Waals surface area contributed by atoms with E-state index in [1.165, 1.54) is 57.8 Å². The number of carbonyl (C=O) groups is 1. The Morgan fingerprint density at radius 2 is 1.46 bits per heavy atom. The van der Waals surface area contributed by atoms with Gasteiger partial charge >= 0.3 is 5.97 Å². The maximum atomic E-state index is 10.7. The minimum absolute atomic E-state index is 0.0872. The molecule has 26 heavy (non-hydrogen) atoms. The molecule has 0 heterocycles. The van der Waals surface area contributed by atoms with Gasteiger partial charge in [-0.25, -0.2) is 0 Å². The summed E-state index contributed by atoms with van der Waals surface area (Å²) in [5, 5.41) is 12.1. The van der Waals surface area contributed by atoms with Crippen molar-refractivity contribution >= 4 is 11.7 Å². The zero-order chi connectivity index (χ0) is 18.9. The smallest absolute Gasteiger partial charge is 0.307 e. The standard InChI is InChI=1S/C23H37NO2/c1-2-3-4-5-6-7-8-9-10-11-12-13-14-19-24-22-17-15-21(16-18-22)20-23(25)26/h11-12,15-18,24H,2-10,13-14,19-20H2,1H3,(H,25,26). The van der Waals surface area contributed by atoms with E-state index in [0.29, 0.717) is 0 Å². The molecule has 0 fully saturated rings. The third-order valence-corrected chi connectivity index (χ3v) is 4.58. The van der Waals surface area contributed by atoms with E-state index in [1.54, 1.807) is 0 Å². The van der Waals surface area contributed by atoms with Crippen molar-refractivity contribution in [3.05, 3.63) is 42.0 Å². The minimum atomic E-state index is -0.788. The molecule has 0 spiro atoms. The largest absolute Gasteiger partial charge is 0.481 e. The molecule has 0 saturated heterocycles. The van der Waals surface area contributed by atoms with Crippen LogP contribution in [0.1, 0.15) is 83.1 Å². The average molecular weight is 360 g/mol. The molecular weight excluding hydrogens is 322 g/mol.